The molecule has 1 aliphatic rings. The lowest BCUT2D eigenvalue weighted by Gasteiger charge is -2.13. The number of hydrogen-bond acceptors (Lipinski definition) is 6. The van der Waals surface area contributed by atoms with Crippen LogP contribution in [0.25, 0.3) is 10.8 Å². The van der Waals surface area contributed by atoms with E-state index in [9.17, 15) is 14.9 Å². The van der Waals surface area contributed by atoms with Gasteiger partial charge in [0.25, 0.3) is 5.69 Å². The van der Waals surface area contributed by atoms with E-state index in [0.29, 0.717) is 17.1 Å². The molecule has 148 valence electrons. The number of carbonyl (C=O) groups excluding carboxylic acids is 1. The van der Waals surface area contributed by atoms with Crippen molar-refractivity contribution in [2.45, 2.75) is 6.42 Å². The van der Waals surface area contributed by atoms with Gasteiger partial charge in [-0.1, -0.05) is 28.1 Å². The number of benzene rings is 3. The molecule has 1 aliphatic heterocycles. The standard InChI is InChI=1S/C20H15BrN2O6/c1-27-17-5-2-11-6-12(21)3-4-13(11)14(17)7-20(24)22-15-8-18-19(29-10-28-18)9-16(15)23(25)26/h2-6,8-9H,7,10H2,1H3,(H,22,24). The summed E-state index contributed by atoms with van der Waals surface area (Å²) >= 11 is 3.44. The lowest BCUT2D eigenvalue weighted by atomic mass is 10.0. The van der Waals surface area contributed by atoms with Crippen molar-refractivity contribution in [2.75, 3.05) is 19.2 Å². The van der Waals surface area contributed by atoms with Gasteiger partial charge in [0.1, 0.15) is 11.4 Å². The number of ether oxygens (including phenoxy) is 3. The zero-order valence-corrected chi connectivity index (χ0v) is 16.8. The van der Waals surface area contributed by atoms with Crippen molar-refractivity contribution >= 4 is 44.0 Å². The molecule has 1 N–H and O–H groups in total. The average Bonchev–Trinajstić information content (AvgIpc) is 3.14. The fourth-order valence-electron chi connectivity index (χ4n) is 3.26. The Hall–Kier alpha value is -3.33. The second-order valence-corrected chi connectivity index (χ2v) is 7.23. The molecule has 4 rings (SSSR count). The second kappa shape index (κ2) is 7.59. The summed E-state index contributed by atoms with van der Waals surface area (Å²) in [5.41, 5.74) is 0.473. The summed E-state index contributed by atoms with van der Waals surface area (Å²) in [4.78, 5) is 23.6. The van der Waals surface area contributed by atoms with E-state index in [-0.39, 0.29) is 30.3 Å². The van der Waals surface area contributed by atoms with Crippen LogP contribution < -0.4 is 19.5 Å². The second-order valence-electron chi connectivity index (χ2n) is 6.32. The molecule has 0 saturated heterocycles. The molecule has 0 spiro atoms. The molecule has 0 radical (unpaired) electrons. The Balaban J connectivity index is 1.67. The Bertz CT molecular complexity index is 1150. The zero-order chi connectivity index (χ0) is 20.5. The smallest absolute Gasteiger partial charge is 0.296 e. The number of rotatable bonds is 5. The van der Waals surface area contributed by atoms with Gasteiger partial charge in [-0.15, -0.1) is 0 Å². The fourth-order valence-corrected chi connectivity index (χ4v) is 3.63. The minimum Gasteiger partial charge on any atom is -0.496 e. The number of methoxy groups -OCH3 is 1. The number of fused-ring (bicyclic) bond motifs is 2. The topological polar surface area (TPSA) is 99.9 Å². The maximum absolute atomic E-state index is 12.8. The maximum atomic E-state index is 12.8. The molecule has 29 heavy (non-hydrogen) atoms. The largest absolute Gasteiger partial charge is 0.496 e. The molecule has 0 atom stereocenters. The monoisotopic (exact) mass is 458 g/mol. The molecule has 8 nitrogen and oxygen atoms in total. The van der Waals surface area contributed by atoms with Gasteiger partial charge in [-0.25, -0.2) is 0 Å². The first kappa shape index (κ1) is 19.0. The number of nitro benzene ring substituents is 1. The molecular formula is C20H15BrN2O6. The molecule has 0 fully saturated rings. The predicted molar refractivity (Wildman–Crippen MR) is 110 cm³/mol. The summed E-state index contributed by atoms with van der Waals surface area (Å²) in [5, 5.41) is 15.8. The molecule has 1 heterocycles. The van der Waals surface area contributed by atoms with E-state index in [1.807, 2.05) is 24.3 Å². The summed E-state index contributed by atoms with van der Waals surface area (Å²) < 4.78 is 16.8. The van der Waals surface area contributed by atoms with E-state index >= 15 is 0 Å². The quantitative estimate of drug-likeness (QED) is 0.448. The van der Waals surface area contributed by atoms with Crippen LogP contribution in [-0.4, -0.2) is 24.7 Å². The highest BCUT2D eigenvalue weighted by Gasteiger charge is 2.25. The number of nitrogens with zero attached hydrogens (tertiary/aromatic N) is 1. The fraction of sp³-hybridized carbons (Fsp3) is 0.150. The Labute approximate surface area is 173 Å². The number of nitro groups is 1. The van der Waals surface area contributed by atoms with Crippen LogP contribution in [-0.2, 0) is 11.2 Å². The van der Waals surface area contributed by atoms with E-state index < -0.39 is 10.8 Å². The lowest BCUT2D eigenvalue weighted by Crippen LogP contribution is -2.16. The van der Waals surface area contributed by atoms with Crippen LogP contribution >= 0.6 is 15.9 Å². The van der Waals surface area contributed by atoms with Crippen molar-refractivity contribution in [1.82, 2.24) is 0 Å². The minimum atomic E-state index is -0.576. The molecule has 1 amide bonds. The normalized spacial score (nSPS) is 12.1. The Morgan fingerprint density at radius 3 is 2.69 bits per heavy atom. The van der Waals surface area contributed by atoms with Crippen molar-refractivity contribution in [2.24, 2.45) is 0 Å². The third-order valence-corrected chi connectivity index (χ3v) is 5.06. The van der Waals surface area contributed by atoms with E-state index in [1.165, 1.54) is 19.2 Å². The maximum Gasteiger partial charge on any atom is 0.296 e. The highest BCUT2D eigenvalue weighted by Crippen LogP contribution is 2.40. The van der Waals surface area contributed by atoms with Gasteiger partial charge < -0.3 is 19.5 Å². The van der Waals surface area contributed by atoms with Gasteiger partial charge in [0.05, 0.1) is 24.5 Å². The van der Waals surface area contributed by atoms with Crippen LogP contribution in [0.15, 0.2) is 46.9 Å². The summed E-state index contributed by atoms with van der Waals surface area (Å²) in [6.45, 7) is -0.0212. The molecule has 9 heteroatoms. The van der Waals surface area contributed by atoms with Crippen molar-refractivity contribution < 1.29 is 23.9 Å². The minimum absolute atomic E-state index is 0.0201. The number of halogens is 1. The van der Waals surface area contributed by atoms with Gasteiger partial charge in [0.15, 0.2) is 11.5 Å². The van der Waals surface area contributed by atoms with Crippen LogP contribution in [0.1, 0.15) is 5.56 Å². The molecule has 0 aliphatic carbocycles. The molecular weight excluding hydrogens is 444 g/mol. The van der Waals surface area contributed by atoms with Crippen molar-refractivity contribution in [3.8, 4) is 17.2 Å². The Morgan fingerprint density at radius 1 is 1.21 bits per heavy atom. The van der Waals surface area contributed by atoms with Crippen LogP contribution in [0.4, 0.5) is 11.4 Å². The van der Waals surface area contributed by atoms with E-state index in [2.05, 4.69) is 21.2 Å². The summed E-state index contributed by atoms with van der Waals surface area (Å²) in [6, 6.07) is 12.1. The number of nitrogens with one attached hydrogen (secondary N) is 1. The average molecular weight is 459 g/mol. The molecule has 0 bridgehead atoms. The van der Waals surface area contributed by atoms with Gasteiger partial charge in [0.2, 0.25) is 12.7 Å². The van der Waals surface area contributed by atoms with Gasteiger partial charge in [-0.05, 0) is 29.0 Å². The number of anilines is 1. The number of hydrogen-bond donors (Lipinski definition) is 1. The summed E-state index contributed by atoms with van der Waals surface area (Å²) in [6.07, 6.45) is -0.0201. The van der Waals surface area contributed by atoms with Crippen molar-refractivity contribution in [1.29, 1.82) is 0 Å². The highest BCUT2D eigenvalue weighted by molar-refractivity contribution is 9.10. The Kier molecular flexibility index (Phi) is 4.98. The van der Waals surface area contributed by atoms with Crippen molar-refractivity contribution in [3.05, 3.63) is 62.6 Å². The third kappa shape index (κ3) is 3.68. The highest BCUT2D eigenvalue weighted by atomic mass is 79.9. The van der Waals surface area contributed by atoms with Crippen LogP contribution in [0.5, 0.6) is 17.2 Å². The molecule has 0 saturated carbocycles. The van der Waals surface area contributed by atoms with Gasteiger partial charge in [-0.3, -0.25) is 14.9 Å². The van der Waals surface area contributed by atoms with Gasteiger partial charge >= 0.3 is 0 Å². The van der Waals surface area contributed by atoms with Crippen LogP contribution in [0.2, 0.25) is 0 Å². The molecule has 3 aromatic rings. The first-order valence-electron chi connectivity index (χ1n) is 8.59. The van der Waals surface area contributed by atoms with Crippen LogP contribution in [0, 0.1) is 10.1 Å². The zero-order valence-electron chi connectivity index (χ0n) is 15.2. The number of amides is 1. The van der Waals surface area contributed by atoms with E-state index in [0.717, 1.165) is 15.2 Å². The number of carbonyl (C=O) groups is 1. The summed E-state index contributed by atoms with van der Waals surface area (Å²) in [5.74, 6) is 0.769. The third-order valence-electron chi connectivity index (χ3n) is 4.57. The molecule has 0 unspecified atom stereocenters. The van der Waals surface area contributed by atoms with Crippen LogP contribution in [0.3, 0.4) is 0 Å². The lowest BCUT2D eigenvalue weighted by molar-refractivity contribution is -0.384. The van der Waals surface area contributed by atoms with Gasteiger partial charge in [-0.2, -0.15) is 0 Å². The van der Waals surface area contributed by atoms with E-state index in [1.54, 1.807) is 6.07 Å². The molecule has 0 aromatic heterocycles. The van der Waals surface area contributed by atoms with Gasteiger partial charge in [0, 0.05) is 16.1 Å². The first-order valence-corrected chi connectivity index (χ1v) is 9.38. The molecule has 3 aromatic carbocycles. The summed E-state index contributed by atoms with van der Waals surface area (Å²) in [7, 11) is 1.53. The van der Waals surface area contributed by atoms with E-state index in [4.69, 9.17) is 14.2 Å². The first-order chi connectivity index (χ1) is 14.0. The Morgan fingerprint density at radius 2 is 1.97 bits per heavy atom. The van der Waals surface area contributed by atoms with Crippen molar-refractivity contribution in [3.63, 3.8) is 0 Å². The predicted octanol–water partition coefficient (Wildman–Crippen LogP) is 4.43. The SMILES string of the molecule is COc1ccc2cc(Br)ccc2c1CC(=O)Nc1cc2c(cc1[N+](=O)[O-])OCO2.